The van der Waals surface area contributed by atoms with Crippen LogP contribution in [0.5, 0.6) is 0 Å². The van der Waals surface area contributed by atoms with Crippen molar-refractivity contribution >= 4 is 5.91 Å². The molecule has 0 N–H and O–H groups in total. The molecule has 0 fully saturated rings. The third-order valence-electron chi connectivity index (χ3n) is 2.00. The van der Waals surface area contributed by atoms with Gasteiger partial charge in [0.2, 0.25) is 0 Å². The van der Waals surface area contributed by atoms with Crippen LogP contribution in [0.3, 0.4) is 0 Å². The van der Waals surface area contributed by atoms with Gasteiger partial charge in [0.05, 0.1) is 0 Å². The lowest BCUT2D eigenvalue weighted by atomic mass is 10.2. The summed E-state index contributed by atoms with van der Waals surface area (Å²) in [6.45, 7) is 2.73. The fourth-order valence-corrected chi connectivity index (χ4v) is 1.25. The molecule has 1 aromatic carbocycles. The van der Waals surface area contributed by atoms with Gasteiger partial charge in [0.15, 0.2) is 0 Å². The van der Waals surface area contributed by atoms with Crippen molar-refractivity contribution in [2.45, 2.75) is 13.3 Å². The summed E-state index contributed by atoms with van der Waals surface area (Å²) in [5.41, 5.74) is 0.530. The molecule has 3 heteroatoms. The Bertz CT molecular complexity index is 308. The number of halogens is 1. The van der Waals surface area contributed by atoms with Crippen LogP contribution in [-0.2, 0) is 0 Å². The summed E-state index contributed by atoms with van der Waals surface area (Å²) in [5.74, 6) is -0.383. The molecule has 1 aromatic rings. The predicted octanol–water partition coefficient (Wildman–Crippen LogP) is 2.31. The Balaban J connectivity index is 2.74. The first-order valence-corrected chi connectivity index (χ1v) is 4.66. The minimum absolute atomic E-state index is 0.0631. The van der Waals surface area contributed by atoms with Crippen molar-refractivity contribution < 1.29 is 9.18 Å². The van der Waals surface area contributed by atoms with Crippen LogP contribution in [0.25, 0.3) is 0 Å². The summed E-state index contributed by atoms with van der Waals surface area (Å²) in [6.07, 6.45) is 0.920. The van der Waals surface area contributed by atoms with E-state index in [1.165, 1.54) is 24.3 Å². The molecular formula is C11H14FNO. The summed E-state index contributed by atoms with van der Waals surface area (Å²) in [7, 11) is 1.75. The van der Waals surface area contributed by atoms with Crippen LogP contribution in [0.1, 0.15) is 23.7 Å². The van der Waals surface area contributed by atoms with Crippen LogP contribution >= 0.6 is 0 Å². The maximum absolute atomic E-state index is 12.6. The smallest absolute Gasteiger partial charge is 0.253 e. The monoisotopic (exact) mass is 195 g/mol. The Morgan fingerprint density at radius 2 is 1.93 bits per heavy atom. The fourth-order valence-electron chi connectivity index (χ4n) is 1.25. The van der Waals surface area contributed by atoms with Crippen LogP contribution in [0.15, 0.2) is 24.3 Å². The van der Waals surface area contributed by atoms with Crippen molar-refractivity contribution in [1.29, 1.82) is 0 Å². The zero-order chi connectivity index (χ0) is 10.6. The Morgan fingerprint density at radius 1 is 1.36 bits per heavy atom. The molecule has 0 saturated carbocycles. The first-order valence-electron chi connectivity index (χ1n) is 4.66. The fraction of sp³-hybridized carbons (Fsp3) is 0.364. The van der Waals surface area contributed by atoms with Gasteiger partial charge >= 0.3 is 0 Å². The standard InChI is InChI=1S/C11H14FNO/c1-3-8-13(2)11(14)9-4-6-10(12)7-5-9/h4-7H,3,8H2,1-2H3. The Labute approximate surface area is 83.3 Å². The van der Waals surface area contributed by atoms with Crippen molar-refractivity contribution in [3.63, 3.8) is 0 Å². The number of rotatable bonds is 3. The van der Waals surface area contributed by atoms with Crippen molar-refractivity contribution in [2.75, 3.05) is 13.6 Å². The zero-order valence-corrected chi connectivity index (χ0v) is 8.46. The third-order valence-corrected chi connectivity index (χ3v) is 2.00. The molecule has 0 unspecified atom stereocenters. The summed E-state index contributed by atoms with van der Waals surface area (Å²) in [5, 5.41) is 0. The van der Waals surface area contributed by atoms with Crippen molar-refractivity contribution in [1.82, 2.24) is 4.90 Å². The second-order valence-corrected chi connectivity index (χ2v) is 3.23. The lowest BCUT2D eigenvalue weighted by Gasteiger charge is -2.15. The average molecular weight is 195 g/mol. The largest absolute Gasteiger partial charge is 0.342 e. The summed E-state index contributed by atoms with van der Waals surface area (Å²) in [6, 6.07) is 5.60. The van der Waals surface area contributed by atoms with E-state index in [2.05, 4.69) is 0 Å². The number of nitrogens with zero attached hydrogens (tertiary/aromatic N) is 1. The normalized spacial score (nSPS) is 9.93. The number of hydrogen-bond donors (Lipinski definition) is 0. The van der Waals surface area contributed by atoms with Gasteiger partial charge in [0.1, 0.15) is 5.82 Å². The van der Waals surface area contributed by atoms with Gasteiger partial charge in [-0.15, -0.1) is 0 Å². The SMILES string of the molecule is CCCN(C)C(=O)c1ccc(F)cc1. The highest BCUT2D eigenvalue weighted by molar-refractivity contribution is 5.93. The van der Waals surface area contributed by atoms with Gasteiger partial charge in [-0.3, -0.25) is 4.79 Å². The zero-order valence-electron chi connectivity index (χ0n) is 8.46. The van der Waals surface area contributed by atoms with E-state index < -0.39 is 0 Å². The lowest BCUT2D eigenvalue weighted by molar-refractivity contribution is 0.0795. The highest BCUT2D eigenvalue weighted by Crippen LogP contribution is 2.05. The first kappa shape index (κ1) is 10.7. The molecule has 0 radical (unpaired) electrons. The van der Waals surface area contributed by atoms with Gasteiger partial charge in [-0.2, -0.15) is 0 Å². The molecule has 0 aliphatic rings. The topological polar surface area (TPSA) is 20.3 Å². The van der Waals surface area contributed by atoms with E-state index in [-0.39, 0.29) is 11.7 Å². The predicted molar refractivity (Wildman–Crippen MR) is 53.7 cm³/mol. The third kappa shape index (κ3) is 2.55. The van der Waals surface area contributed by atoms with E-state index in [9.17, 15) is 9.18 Å². The highest BCUT2D eigenvalue weighted by Gasteiger charge is 2.09. The van der Waals surface area contributed by atoms with Crippen molar-refractivity contribution in [3.05, 3.63) is 35.6 Å². The molecule has 0 bridgehead atoms. The molecule has 2 nitrogen and oxygen atoms in total. The van der Waals surface area contributed by atoms with Crippen LogP contribution < -0.4 is 0 Å². The minimum Gasteiger partial charge on any atom is -0.342 e. The molecule has 0 heterocycles. The Hall–Kier alpha value is -1.38. The molecule has 0 atom stereocenters. The van der Waals surface area contributed by atoms with Crippen LogP contribution in [0, 0.1) is 5.82 Å². The quantitative estimate of drug-likeness (QED) is 0.724. The number of hydrogen-bond acceptors (Lipinski definition) is 1. The summed E-state index contributed by atoms with van der Waals surface area (Å²) < 4.78 is 12.6. The number of carbonyl (C=O) groups is 1. The average Bonchev–Trinajstić information content (AvgIpc) is 2.18. The maximum Gasteiger partial charge on any atom is 0.253 e. The molecule has 14 heavy (non-hydrogen) atoms. The van der Waals surface area contributed by atoms with Crippen LogP contribution in [-0.4, -0.2) is 24.4 Å². The molecule has 76 valence electrons. The van der Waals surface area contributed by atoms with E-state index in [1.807, 2.05) is 6.92 Å². The van der Waals surface area contributed by atoms with Gasteiger partial charge in [0.25, 0.3) is 5.91 Å². The number of amides is 1. The molecule has 1 rings (SSSR count). The van der Waals surface area contributed by atoms with E-state index >= 15 is 0 Å². The molecule has 0 aliphatic carbocycles. The minimum atomic E-state index is -0.320. The van der Waals surface area contributed by atoms with Gasteiger partial charge in [-0.1, -0.05) is 6.92 Å². The highest BCUT2D eigenvalue weighted by atomic mass is 19.1. The molecule has 0 spiro atoms. The summed E-state index contributed by atoms with van der Waals surface area (Å²) >= 11 is 0. The Kier molecular flexibility index (Phi) is 3.63. The molecule has 0 aliphatic heterocycles. The van der Waals surface area contributed by atoms with E-state index in [1.54, 1.807) is 11.9 Å². The first-order chi connectivity index (χ1) is 6.65. The van der Waals surface area contributed by atoms with Crippen molar-refractivity contribution in [3.8, 4) is 0 Å². The molecule has 0 saturated heterocycles. The second kappa shape index (κ2) is 4.74. The van der Waals surface area contributed by atoms with Gasteiger partial charge in [-0.05, 0) is 30.7 Å². The molecule has 0 aromatic heterocycles. The van der Waals surface area contributed by atoms with Gasteiger partial charge in [0, 0.05) is 19.2 Å². The van der Waals surface area contributed by atoms with Gasteiger partial charge < -0.3 is 4.90 Å². The van der Waals surface area contributed by atoms with Crippen LogP contribution in [0.4, 0.5) is 4.39 Å². The molecular weight excluding hydrogens is 181 g/mol. The Morgan fingerprint density at radius 3 is 2.43 bits per heavy atom. The van der Waals surface area contributed by atoms with Gasteiger partial charge in [-0.25, -0.2) is 4.39 Å². The van der Waals surface area contributed by atoms with Crippen molar-refractivity contribution in [2.24, 2.45) is 0 Å². The number of benzene rings is 1. The van der Waals surface area contributed by atoms with E-state index in [0.717, 1.165) is 13.0 Å². The van der Waals surface area contributed by atoms with E-state index in [4.69, 9.17) is 0 Å². The number of carbonyl (C=O) groups excluding carboxylic acids is 1. The maximum atomic E-state index is 12.6. The van der Waals surface area contributed by atoms with Crippen LogP contribution in [0.2, 0.25) is 0 Å². The second-order valence-electron chi connectivity index (χ2n) is 3.23. The van der Waals surface area contributed by atoms with E-state index in [0.29, 0.717) is 5.56 Å². The lowest BCUT2D eigenvalue weighted by Crippen LogP contribution is -2.27. The summed E-state index contributed by atoms with van der Waals surface area (Å²) in [4.78, 5) is 13.3. The molecule has 1 amide bonds.